The molecule has 14 heavy (non-hydrogen) atoms. The third kappa shape index (κ3) is 0.934. The van der Waals surface area contributed by atoms with Gasteiger partial charge in [0.05, 0.1) is 5.69 Å². The largest absolute Gasteiger partial charge is 0.383 e. The zero-order valence-corrected chi connectivity index (χ0v) is 8.48. The van der Waals surface area contributed by atoms with Crippen LogP contribution in [0.1, 0.15) is 31.4 Å². The number of aromatic nitrogens is 2. The van der Waals surface area contributed by atoms with E-state index in [9.17, 15) is 5.11 Å². The van der Waals surface area contributed by atoms with Crippen LogP contribution in [0.25, 0.3) is 0 Å². The summed E-state index contributed by atoms with van der Waals surface area (Å²) in [6, 6.07) is 1.96. The Labute approximate surface area is 83.7 Å². The highest BCUT2D eigenvalue weighted by Crippen LogP contribution is 2.63. The minimum Gasteiger partial charge on any atom is -0.383 e. The van der Waals surface area contributed by atoms with Gasteiger partial charge in [-0.25, -0.2) is 0 Å². The van der Waals surface area contributed by atoms with Gasteiger partial charge in [-0.1, -0.05) is 12.8 Å². The molecule has 2 aliphatic carbocycles. The van der Waals surface area contributed by atoms with Crippen LogP contribution in [0.15, 0.2) is 12.3 Å². The van der Waals surface area contributed by atoms with Crippen molar-refractivity contribution in [3.63, 3.8) is 0 Å². The van der Waals surface area contributed by atoms with E-state index in [2.05, 4.69) is 5.10 Å². The van der Waals surface area contributed by atoms with E-state index in [1.165, 1.54) is 25.7 Å². The number of nitrogens with zero attached hydrogens (tertiary/aromatic N) is 2. The molecule has 1 heterocycles. The maximum atomic E-state index is 10.5. The molecule has 0 spiro atoms. The fourth-order valence-electron chi connectivity index (χ4n) is 3.10. The van der Waals surface area contributed by atoms with E-state index >= 15 is 0 Å². The fourth-order valence-corrected chi connectivity index (χ4v) is 3.10. The standard InChI is InChI=1S/C11H16N2O/c1-13-7-6-10(12-13)11(14)8-4-2-3-5-9(8)11/h6-9,14H,2-5H2,1H3. The number of hydrogen-bond donors (Lipinski definition) is 1. The van der Waals surface area contributed by atoms with Gasteiger partial charge in [-0.3, -0.25) is 4.68 Å². The first-order valence-electron chi connectivity index (χ1n) is 5.45. The molecule has 2 unspecified atom stereocenters. The quantitative estimate of drug-likeness (QED) is 0.731. The Kier molecular flexibility index (Phi) is 1.57. The molecular formula is C11H16N2O. The molecule has 2 saturated carbocycles. The lowest BCUT2D eigenvalue weighted by Crippen LogP contribution is -2.11. The monoisotopic (exact) mass is 192 g/mol. The number of aliphatic hydroxyl groups is 1. The topological polar surface area (TPSA) is 38.0 Å². The molecule has 2 fully saturated rings. The summed E-state index contributed by atoms with van der Waals surface area (Å²) < 4.78 is 1.78. The summed E-state index contributed by atoms with van der Waals surface area (Å²) in [5, 5.41) is 14.8. The van der Waals surface area contributed by atoms with E-state index in [1.807, 2.05) is 19.3 Å². The molecule has 0 aromatic carbocycles. The third-order valence-electron chi connectivity index (χ3n) is 3.91. The Bertz CT molecular complexity index is 346. The van der Waals surface area contributed by atoms with Gasteiger partial charge in [-0.05, 0) is 30.7 Å². The molecule has 1 aromatic heterocycles. The molecule has 0 aliphatic heterocycles. The number of aryl methyl sites for hydroxylation is 1. The molecule has 2 aliphatic rings. The van der Waals surface area contributed by atoms with Gasteiger partial charge in [0.2, 0.25) is 0 Å². The molecule has 3 nitrogen and oxygen atoms in total. The second kappa shape index (κ2) is 2.60. The predicted octanol–water partition coefficient (Wildman–Crippen LogP) is 1.43. The lowest BCUT2D eigenvalue weighted by Gasteiger charge is -2.05. The van der Waals surface area contributed by atoms with E-state index in [4.69, 9.17) is 0 Å². The third-order valence-corrected chi connectivity index (χ3v) is 3.91. The normalized spacial score (nSPS) is 40.7. The number of hydrogen-bond acceptors (Lipinski definition) is 2. The maximum Gasteiger partial charge on any atom is 0.115 e. The van der Waals surface area contributed by atoms with Crippen LogP contribution in [0, 0.1) is 11.8 Å². The Morgan fingerprint density at radius 2 is 2.07 bits per heavy atom. The van der Waals surface area contributed by atoms with Crippen LogP contribution in [-0.2, 0) is 12.6 Å². The van der Waals surface area contributed by atoms with E-state index in [-0.39, 0.29) is 0 Å². The summed E-state index contributed by atoms with van der Waals surface area (Å²) in [5.41, 5.74) is 0.314. The van der Waals surface area contributed by atoms with Crippen LogP contribution in [0.3, 0.4) is 0 Å². The lowest BCUT2D eigenvalue weighted by molar-refractivity contribution is 0.112. The fraction of sp³-hybridized carbons (Fsp3) is 0.727. The highest BCUT2D eigenvalue weighted by Gasteiger charge is 2.65. The zero-order chi connectivity index (χ0) is 9.76. The van der Waals surface area contributed by atoms with Crippen molar-refractivity contribution in [2.45, 2.75) is 31.3 Å². The first-order valence-corrected chi connectivity index (χ1v) is 5.45. The van der Waals surface area contributed by atoms with Crippen LogP contribution in [0.4, 0.5) is 0 Å². The summed E-state index contributed by atoms with van der Waals surface area (Å²) in [7, 11) is 1.90. The molecular weight excluding hydrogens is 176 g/mol. The van der Waals surface area contributed by atoms with Crippen LogP contribution in [0.2, 0.25) is 0 Å². The van der Waals surface area contributed by atoms with Crippen molar-refractivity contribution in [3.05, 3.63) is 18.0 Å². The second-order valence-electron chi connectivity index (χ2n) is 4.70. The van der Waals surface area contributed by atoms with Gasteiger partial charge in [0, 0.05) is 13.2 Å². The van der Waals surface area contributed by atoms with Gasteiger partial charge in [0.25, 0.3) is 0 Å². The summed E-state index contributed by atoms with van der Waals surface area (Å²) in [5.74, 6) is 0.984. The zero-order valence-electron chi connectivity index (χ0n) is 8.48. The second-order valence-corrected chi connectivity index (χ2v) is 4.70. The van der Waals surface area contributed by atoms with Crippen molar-refractivity contribution in [2.24, 2.45) is 18.9 Å². The Hall–Kier alpha value is -0.830. The van der Waals surface area contributed by atoms with E-state index < -0.39 is 5.60 Å². The van der Waals surface area contributed by atoms with Gasteiger partial charge in [-0.2, -0.15) is 5.10 Å². The minimum absolute atomic E-state index is 0.492. The van der Waals surface area contributed by atoms with Crippen molar-refractivity contribution in [1.82, 2.24) is 9.78 Å². The van der Waals surface area contributed by atoms with Crippen molar-refractivity contribution in [3.8, 4) is 0 Å². The average molecular weight is 192 g/mol. The first-order chi connectivity index (χ1) is 6.73. The molecule has 3 rings (SSSR count). The van der Waals surface area contributed by atoms with Crippen molar-refractivity contribution in [1.29, 1.82) is 0 Å². The summed E-state index contributed by atoms with van der Waals surface area (Å²) in [6.07, 6.45) is 6.82. The average Bonchev–Trinajstić information content (AvgIpc) is 2.57. The van der Waals surface area contributed by atoms with E-state index in [0.717, 1.165) is 5.69 Å². The summed E-state index contributed by atoms with van der Waals surface area (Å²) in [6.45, 7) is 0. The SMILES string of the molecule is Cn1ccc(C2(O)C3CCCCC32)n1. The molecule has 76 valence electrons. The van der Waals surface area contributed by atoms with Crippen LogP contribution >= 0.6 is 0 Å². The molecule has 1 aromatic rings. The van der Waals surface area contributed by atoms with Gasteiger partial charge in [-0.15, -0.1) is 0 Å². The van der Waals surface area contributed by atoms with Gasteiger partial charge < -0.3 is 5.11 Å². The van der Waals surface area contributed by atoms with Gasteiger partial charge in [0.1, 0.15) is 5.60 Å². The van der Waals surface area contributed by atoms with E-state index in [0.29, 0.717) is 11.8 Å². The molecule has 1 N–H and O–H groups in total. The smallest absolute Gasteiger partial charge is 0.115 e. The van der Waals surface area contributed by atoms with Gasteiger partial charge in [0.15, 0.2) is 0 Å². The predicted molar refractivity (Wildman–Crippen MR) is 52.6 cm³/mol. The highest BCUT2D eigenvalue weighted by molar-refractivity contribution is 5.26. The number of rotatable bonds is 1. The lowest BCUT2D eigenvalue weighted by atomic mass is 10.0. The summed E-state index contributed by atoms with van der Waals surface area (Å²) >= 11 is 0. The van der Waals surface area contributed by atoms with Crippen LogP contribution in [-0.4, -0.2) is 14.9 Å². The molecule has 3 heteroatoms. The first kappa shape index (κ1) is 8.48. The van der Waals surface area contributed by atoms with Gasteiger partial charge >= 0.3 is 0 Å². The molecule has 0 bridgehead atoms. The molecule has 0 amide bonds. The maximum absolute atomic E-state index is 10.5. The Morgan fingerprint density at radius 1 is 1.43 bits per heavy atom. The minimum atomic E-state index is -0.572. The van der Waals surface area contributed by atoms with Crippen LogP contribution < -0.4 is 0 Å². The van der Waals surface area contributed by atoms with E-state index in [1.54, 1.807) is 4.68 Å². The van der Waals surface area contributed by atoms with Crippen molar-refractivity contribution in [2.75, 3.05) is 0 Å². The Morgan fingerprint density at radius 3 is 2.57 bits per heavy atom. The number of fused-ring (bicyclic) bond motifs is 1. The molecule has 0 radical (unpaired) electrons. The Balaban J connectivity index is 1.92. The molecule has 2 atom stereocenters. The van der Waals surface area contributed by atoms with Crippen molar-refractivity contribution >= 4 is 0 Å². The highest BCUT2D eigenvalue weighted by atomic mass is 16.3. The summed E-state index contributed by atoms with van der Waals surface area (Å²) in [4.78, 5) is 0. The van der Waals surface area contributed by atoms with Crippen molar-refractivity contribution < 1.29 is 5.11 Å². The van der Waals surface area contributed by atoms with Crippen LogP contribution in [0.5, 0.6) is 0 Å². The molecule has 0 saturated heterocycles.